The zero-order chi connectivity index (χ0) is 12.0. The number of carboxylic acid groups (broad SMARTS) is 1. The van der Waals surface area contributed by atoms with Gasteiger partial charge >= 0.3 is 5.97 Å². The molecule has 7 heteroatoms. The first-order valence-corrected chi connectivity index (χ1v) is 5.66. The van der Waals surface area contributed by atoms with Gasteiger partial charge in [-0.3, -0.25) is 9.59 Å². The molecule has 0 aliphatic carbocycles. The van der Waals surface area contributed by atoms with Crippen molar-refractivity contribution in [3.05, 3.63) is 11.9 Å². The van der Waals surface area contributed by atoms with Crippen molar-refractivity contribution in [2.75, 3.05) is 6.54 Å². The predicted octanol–water partition coefficient (Wildman–Crippen LogP) is 0.769. The van der Waals surface area contributed by atoms with Gasteiger partial charge in [-0.15, -0.1) is 0 Å². The predicted molar refractivity (Wildman–Crippen MR) is 58.3 cm³/mol. The molecule has 1 amide bonds. The van der Waals surface area contributed by atoms with Gasteiger partial charge in [-0.05, 0) is 6.42 Å². The van der Waals surface area contributed by atoms with Gasteiger partial charge in [-0.25, -0.2) is 0 Å². The summed E-state index contributed by atoms with van der Waals surface area (Å²) in [6, 6.07) is 0. The normalized spacial score (nSPS) is 12.1. The van der Waals surface area contributed by atoms with Crippen molar-refractivity contribution in [3.8, 4) is 0 Å². The molecule has 6 nitrogen and oxygen atoms in total. The Balaban J connectivity index is 2.43. The number of rotatable bonds is 6. The van der Waals surface area contributed by atoms with Crippen LogP contribution in [-0.4, -0.2) is 32.3 Å². The van der Waals surface area contributed by atoms with Crippen molar-refractivity contribution in [2.45, 2.75) is 19.8 Å². The van der Waals surface area contributed by atoms with Crippen LogP contribution in [0.1, 0.15) is 30.3 Å². The van der Waals surface area contributed by atoms with Crippen LogP contribution in [0.25, 0.3) is 0 Å². The van der Waals surface area contributed by atoms with Crippen LogP contribution in [0, 0.1) is 5.92 Å². The van der Waals surface area contributed by atoms with Crippen LogP contribution in [0.5, 0.6) is 0 Å². The average Bonchev–Trinajstić information content (AvgIpc) is 2.76. The van der Waals surface area contributed by atoms with Crippen molar-refractivity contribution >= 4 is 23.6 Å². The maximum atomic E-state index is 11.4. The minimum Gasteiger partial charge on any atom is -0.481 e. The van der Waals surface area contributed by atoms with Crippen molar-refractivity contribution in [3.63, 3.8) is 0 Å². The summed E-state index contributed by atoms with van der Waals surface area (Å²) in [5.74, 6) is -1.81. The maximum Gasteiger partial charge on any atom is 0.308 e. The van der Waals surface area contributed by atoms with E-state index in [9.17, 15) is 9.59 Å². The molecule has 0 saturated carbocycles. The Labute approximate surface area is 97.0 Å². The van der Waals surface area contributed by atoms with Crippen LogP contribution in [-0.2, 0) is 4.79 Å². The van der Waals surface area contributed by atoms with E-state index in [1.54, 1.807) is 0 Å². The highest BCUT2D eigenvalue weighted by Crippen LogP contribution is 2.05. The van der Waals surface area contributed by atoms with Crippen LogP contribution in [0.4, 0.5) is 0 Å². The summed E-state index contributed by atoms with van der Waals surface area (Å²) in [5.41, 5.74) is 0.227. The number of carboxylic acids is 1. The molecule has 1 atom stereocenters. The second-order valence-corrected chi connectivity index (χ2v) is 3.88. The number of nitrogens with one attached hydrogen (secondary N) is 1. The minimum atomic E-state index is -0.890. The second-order valence-electron chi connectivity index (χ2n) is 3.33. The lowest BCUT2D eigenvalue weighted by molar-refractivity contribution is -0.141. The lowest BCUT2D eigenvalue weighted by atomic mass is 10.0. The van der Waals surface area contributed by atoms with Crippen molar-refractivity contribution in [2.24, 2.45) is 5.92 Å². The first-order valence-electron chi connectivity index (χ1n) is 4.93. The fourth-order valence-electron chi connectivity index (χ4n) is 1.23. The number of carbonyl (C=O) groups excluding carboxylic acids is 1. The summed E-state index contributed by atoms with van der Waals surface area (Å²) in [5, 5.41) is 11.4. The first kappa shape index (κ1) is 12.6. The van der Waals surface area contributed by atoms with Crippen LogP contribution in [0.2, 0.25) is 0 Å². The smallest absolute Gasteiger partial charge is 0.308 e. The van der Waals surface area contributed by atoms with E-state index in [0.29, 0.717) is 6.42 Å². The highest BCUT2D eigenvalue weighted by atomic mass is 32.1. The van der Waals surface area contributed by atoms with Gasteiger partial charge in [-0.1, -0.05) is 13.3 Å². The number of aliphatic carboxylic acids is 1. The molecule has 1 rings (SSSR count). The zero-order valence-electron chi connectivity index (χ0n) is 8.84. The standard InChI is InChI=1S/C9H13N3O3S/c1-2-3-6(9(14)15)4-10-8(13)7-5-11-16-12-7/h5-6H,2-4H2,1H3,(H,10,13)(H,14,15). The fourth-order valence-corrected chi connectivity index (χ4v) is 1.64. The summed E-state index contributed by atoms with van der Waals surface area (Å²) in [6.07, 6.45) is 2.67. The molecular formula is C9H13N3O3S. The van der Waals surface area contributed by atoms with Gasteiger partial charge in [0, 0.05) is 6.54 Å². The molecule has 0 bridgehead atoms. The monoisotopic (exact) mass is 243 g/mol. The van der Waals surface area contributed by atoms with E-state index < -0.39 is 11.9 Å². The van der Waals surface area contributed by atoms with Crippen molar-refractivity contribution < 1.29 is 14.7 Å². The Morgan fingerprint density at radius 1 is 1.62 bits per heavy atom. The number of carbonyl (C=O) groups is 2. The van der Waals surface area contributed by atoms with Gasteiger partial charge in [0.1, 0.15) is 0 Å². The third kappa shape index (κ3) is 3.58. The summed E-state index contributed by atoms with van der Waals surface area (Å²) in [7, 11) is 0. The minimum absolute atomic E-state index is 0.125. The highest BCUT2D eigenvalue weighted by Gasteiger charge is 2.18. The Bertz CT molecular complexity index is 353. The number of amides is 1. The molecule has 1 unspecified atom stereocenters. The summed E-state index contributed by atoms with van der Waals surface area (Å²) in [6.45, 7) is 2.03. The Hall–Kier alpha value is -1.50. The SMILES string of the molecule is CCCC(CNC(=O)c1cnsn1)C(=O)O. The molecule has 88 valence electrons. The molecule has 0 spiro atoms. The molecule has 0 saturated heterocycles. The summed E-state index contributed by atoms with van der Waals surface area (Å²) in [4.78, 5) is 22.2. The van der Waals surface area contributed by atoms with Gasteiger partial charge in [0.05, 0.1) is 23.8 Å². The number of hydrogen-bond acceptors (Lipinski definition) is 5. The van der Waals surface area contributed by atoms with Gasteiger partial charge in [-0.2, -0.15) is 8.75 Å². The molecular weight excluding hydrogens is 230 g/mol. The van der Waals surface area contributed by atoms with Crippen molar-refractivity contribution in [1.29, 1.82) is 0 Å². The van der Waals surface area contributed by atoms with E-state index in [1.807, 2.05) is 6.92 Å². The van der Waals surface area contributed by atoms with Gasteiger partial charge in [0.2, 0.25) is 0 Å². The quantitative estimate of drug-likeness (QED) is 0.769. The Morgan fingerprint density at radius 3 is 2.88 bits per heavy atom. The molecule has 0 aromatic carbocycles. The largest absolute Gasteiger partial charge is 0.481 e. The van der Waals surface area contributed by atoms with E-state index in [0.717, 1.165) is 18.1 Å². The molecule has 2 N–H and O–H groups in total. The Kier molecular flexibility index (Phi) is 4.84. The van der Waals surface area contributed by atoms with Crippen LogP contribution in [0.3, 0.4) is 0 Å². The Morgan fingerprint density at radius 2 is 2.38 bits per heavy atom. The van der Waals surface area contributed by atoms with Crippen LogP contribution in [0.15, 0.2) is 6.20 Å². The fraction of sp³-hybridized carbons (Fsp3) is 0.556. The lowest BCUT2D eigenvalue weighted by Gasteiger charge is -2.11. The van der Waals surface area contributed by atoms with Crippen LogP contribution >= 0.6 is 11.7 Å². The van der Waals surface area contributed by atoms with E-state index in [-0.39, 0.29) is 18.1 Å². The molecule has 16 heavy (non-hydrogen) atoms. The van der Waals surface area contributed by atoms with E-state index in [4.69, 9.17) is 5.11 Å². The zero-order valence-corrected chi connectivity index (χ0v) is 9.66. The highest BCUT2D eigenvalue weighted by molar-refractivity contribution is 6.99. The van der Waals surface area contributed by atoms with Gasteiger partial charge < -0.3 is 10.4 Å². The van der Waals surface area contributed by atoms with E-state index >= 15 is 0 Å². The van der Waals surface area contributed by atoms with Crippen LogP contribution < -0.4 is 5.32 Å². The molecule has 0 fully saturated rings. The average molecular weight is 243 g/mol. The molecule has 1 aromatic rings. The third-order valence-corrected chi connectivity index (χ3v) is 2.57. The molecule has 1 heterocycles. The number of hydrogen-bond donors (Lipinski definition) is 2. The molecule has 1 aromatic heterocycles. The number of nitrogens with zero attached hydrogens (tertiary/aromatic N) is 2. The topological polar surface area (TPSA) is 92.2 Å². The molecule has 0 radical (unpaired) electrons. The summed E-state index contributed by atoms with van der Waals surface area (Å²) >= 11 is 0.942. The molecule has 0 aliphatic heterocycles. The summed E-state index contributed by atoms with van der Waals surface area (Å²) < 4.78 is 7.45. The second kappa shape index (κ2) is 6.16. The van der Waals surface area contributed by atoms with Gasteiger partial charge in [0.25, 0.3) is 5.91 Å². The lowest BCUT2D eigenvalue weighted by Crippen LogP contribution is -2.33. The van der Waals surface area contributed by atoms with E-state index in [1.165, 1.54) is 6.20 Å². The van der Waals surface area contributed by atoms with Gasteiger partial charge in [0.15, 0.2) is 5.69 Å². The number of aromatic nitrogens is 2. The molecule has 0 aliphatic rings. The first-order chi connectivity index (χ1) is 7.65. The van der Waals surface area contributed by atoms with Crippen molar-refractivity contribution in [1.82, 2.24) is 14.1 Å². The third-order valence-electron chi connectivity index (χ3n) is 2.09. The maximum absolute atomic E-state index is 11.4. The van der Waals surface area contributed by atoms with E-state index in [2.05, 4.69) is 14.1 Å².